The highest BCUT2D eigenvalue weighted by atomic mass is 35.5. The molecule has 2 aliphatic carbocycles. The van der Waals surface area contributed by atoms with Crippen molar-refractivity contribution < 1.29 is 40.7 Å². The van der Waals surface area contributed by atoms with Crippen molar-refractivity contribution in [2.45, 2.75) is 47.9 Å². The summed E-state index contributed by atoms with van der Waals surface area (Å²) < 4.78 is 72.2. The van der Waals surface area contributed by atoms with E-state index >= 15 is 0 Å². The fraction of sp³-hybridized carbons (Fsp3) is 0.400. The van der Waals surface area contributed by atoms with Crippen molar-refractivity contribution in [3.8, 4) is 0 Å². The molecule has 4 unspecified atom stereocenters. The van der Waals surface area contributed by atoms with Crippen molar-refractivity contribution >= 4 is 45.0 Å². The monoisotopic (exact) mass is 585 g/mol. The molecule has 9 nitrogen and oxygen atoms in total. The largest absolute Gasteiger partial charge is 0.453 e. The first-order valence-corrected chi connectivity index (χ1v) is 14.0. The van der Waals surface area contributed by atoms with E-state index in [4.69, 9.17) is 11.6 Å². The van der Waals surface area contributed by atoms with Gasteiger partial charge in [0.1, 0.15) is 0 Å². The van der Waals surface area contributed by atoms with Gasteiger partial charge in [-0.3, -0.25) is 9.59 Å². The van der Waals surface area contributed by atoms with Crippen molar-refractivity contribution in [3.63, 3.8) is 0 Å². The fourth-order valence-electron chi connectivity index (χ4n) is 6.06. The van der Waals surface area contributed by atoms with E-state index in [1.54, 1.807) is 4.90 Å². The van der Waals surface area contributed by atoms with Crippen molar-refractivity contribution in [2.75, 3.05) is 19.0 Å². The Bertz CT molecular complexity index is 1470. The van der Waals surface area contributed by atoms with Crippen LogP contribution in [-0.4, -0.2) is 62.2 Å². The third kappa shape index (κ3) is 4.22. The molecule has 1 saturated heterocycles. The molecule has 5 rings (SSSR count). The lowest BCUT2D eigenvalue weighted by Crippen LogP contribution is -2.88. The molecule has 1 heterocycles. The van der Waals surface area contributed by atoms with Crippen molar-refractivity contribution in [1.82, 2.24) is 10.2 Å². The number of anilines is 1. The lowest BCUT2D eigenvalue weighted by molar-refractivity contribution is -0.252. The number of nitrogens with zero attached hydrogens (tertiary/aromatic N) is 1. The second kappa shape index (κ2) is 9.70. The van der Waals surface area contributed by atoms with E-state index in [0.717, 1.165) is 6.07 Å². The number of likely N-dealkylation sites (tertiary alicyclic amines) is 1. The second-order valence-electron chi connectivity index (χ2n) is 9.77. The second-order valence-corrected chi connectivity index (χ2v) is 12.3. The molecular formula is C25H23ClF3N3O6S. The molecule has 2 aromatic rings. The highest BCUT2D eigenvalue weighted by Gasteiger charge is 2.79. The summed E-state index contributed by atoms with van der Waals surface area (Å²) in [4.78, 5) is 38.1. The number of sulfone groups is 1. The first kappa shape index (κ1) is 27.3. The zero-order valence-electron chi connectivity index (χ0n) is 20.5. The van der Waals surface area contributed by atoms with Crippen LogP contribution < -0.4 is 10.6 Å². The van der Waals surface area contributed by atoms with Gasteiger partial charge in [0.15, 0.2) is 27.3 Å². The molecule has 4 atom stereocenters. The minimum atomic E-state index is -4.03. The van der Waals surface area contributed by atoms with E-state index in [0.29, 0.717) is 25.0 Å². The number of methoxy groups -OCH3 is 1. The normalized spacial score (nSPS) is 24.7. The minimum absolute atomic E-state index is 0.0560. The van der Waals surface area contributed by atoms with Gasteiger partial charge < -0.3 is 20.3 Å². The standard InChI is InChI=1S/C25H23ClF3N3O6S/c1-38-24(35)30-7-5-21(33)32-18-4-6-25(18)19(32)11-20(25)39(36,37)17-8-12(2-3-14(17)26)23(34)31-13-9-15(27)22(29)16(28)10-13/h2-3,8-10,18-20H,4-7,11H2,1H3,(H,30,35)(H,31,34). The van der Waals surface area contributed by atoms with Gasteiger partial charge in [-0.25, -0.2) is 26.4 Å². The Hall–Kier alpha value is -3.32. The Kier molecular flexibility index (Phi) is 6.78. The number of rotatable bonds is 7. The number of carbonyl (C=O) groups is 3. The van der Waals surface area contributed by atoms with Gasteiger partial charge >= 0.3 is 6.09 Å². The smallest absolute Gasteiger partial charge is 0.406 e. The van der Waals surface area contributed by atoms with Gasteiger partial charge in [-0.2, -0.15) is 0 Å². The van der Waals surface area contributed by atoms with Crippen LogP contribution in [0, 0.1) is 22.9 Å². The molecule has 14 heteroatoms. The van der Waals surface area contributed by atoms with E-state index < -0.39 is 50.0 Å². The number of carbonyl (C=O) groups excluding carboxylic acids is 3. The summed E-state index contributed by atoms with van der Waals surface area (Å²) >= 11 is 6.24. The maximum Gasteiger partial charge on any atom is 0.406 e. The summed E-state index contributed by atoms with van der Waals surface area (Å²) in [7, 11) is -2.81. The SMILES string of the molecule is COC(=O)NCCC(=O)N1C2CCC23C1CC3S(=O)(=O)c1cc(C(=O)Nc2cc(F)c(F)c(F)c2)ccc1Cl. The molecule has 3 amide bonds. The quantitative estimate of drug-likeness (QED) is 0.478. The Morgan fingerprint density at radius 1 is 1.13 bits per heavy atom. The number of amides is 3. The van der Waals surface area contributed by atoms with E-state index in [2.05, 4.69) is 15.4 Å². The van der Waals surface area contributed by atoms with Crippen LogP contribution in [0.25, 0.3) is 0 Å². The van der Waals surface area contributed by atoms with Crippen LogP contribution in [0.4, 0.5) is 23.7 Å². The van der Waals surface area contributed by atoms with Gasteiger partial charge in [-0.1, -0.05) is 11.6 Å². The summed E-state index contributed by atoms with van der Waals surface area (Å²) in [6.45, 7) is 0.0951. The van der Waals surface area contributed by atoms with Crippen molar-refractivity contribution in [1.29, 1.82) is 0 Å². The fourth-order valence-corrected chi connectivity index (χ4v) is 8.88. The molecule has 1 aliphatic heterocycles. The topological polar surface area (TPSA) is 122 Å². The van der Waals surface area contributed by atoms with Gasteiger partial charge in [-0.05, 0) is 37.5 Å². The number of nitrogens with one attached hydrogen (secondary N) is 2. The van der Waals surface area contributed by atoms with Crippen LogP contribution in [-0.2, 0) is 19.4 Å². The number of hydrogen-bond donors (Lipinski definition) is 2. The summed E-state index contributed by atoms with van der Waals surface area (Å²) in [5.74, 6) is -5.73. The van der Waals surface area contributed by atoms with Crippen LogP contribution in [0.1, 0.15) is 36.0 Å². The molecule has 0 aromatic heterocycles. The Morgan fingerprint density at radius 2 is 1.82 bits per heavy atom. The summed E-state index contributed by atoms with van der Waals surface area (Å²) in [5.41, 5.74) is -1.07. The van der Waals surface area contributed by atoms with Crippen LogP contribution >= 0.6 is 11.6 Å². The van der Waals surface area contributed by atoms with Crippen molar-refractivity contribution in [3.05, 3.63) is 58.4 Å². The molecule has 2 saturated carbocycles. The number of piperidine rings is 2. The summed E-state index contributed by atoms with van der Waals surface area (Å²) in [6.07, 6.45) is 0.885. The molecule has 2 aromatic carbocycles. The highest BCUT2D eigenvalue weighted by molar-refractivity contribution is 7.92. The van der Waals surface area contributed by atoms with Gasteiger partial charge in [0.25, 0.3) is 5.91 Å². The molecule has 1 spiro atoms. The number of ether oxygens (including phenoxy) is 1. The van der Waals surface area contributed by atoms with Crippen molar-refractivity contribution in [2.24, 2.45) is 5.41 Å². The third-order valence-electron chi connectivity index (χ3n) is 8.00. The third-order valence-corrected chi connectivity index (χ3v) is 10.8. The predicted octanol–water partition coefficient (Wildman–Crippen LogP) is 3.66. The van der Waals surface area contributed by atoms with Gasteiger partial charge in [0.2, 0.25) is 5.91 Å². The molecule has 3 aliphatic rings. The summed E-state index contributed by atoms with van der Waals surface area (Å²) in [5, 5.41) is 3.77. The van der Waals surface area contributed by atoms with E-state index in [9.17, 15) is 36.0 Å². The van der Waals surface area contributed by atoms with E-state index in [1.807, 2.05) is 0 Å². The number of hydrogen-bond acceptors (Lipinski definition) is 6. The number of halogens is 4. The lowest BCUT2D eigenvalue weighted by atomic mass is 9.42. The maximum absolute atomic E-state index is 13.7. The molecule has 0 bridgehead atoms. The lowest BCUT2D eigenvalue weighted by Gasteiger charge is -2.79. The Balaban J connectivity index is 1.31. The van der Waals surface area contributed by atoms with Gasteiger partial charge in [0.05, 0.1) is 22.3 Å². The highest BCUT2D eigenvalue weighted by Crippen LogP contribution is 2.70. The number of alkyl carbamates (subject to hydrolysis) is 1. The van der Waals surface area contributed by atoms with Gasteiger partial charge in [-0.15, -0.1) is 0 Å². The Labute approximate surface area is 226 Å². The average molecular weight is 586 g/mol. The summed E-state index contributed by atoms with van der Waals surface area (Å²) in [6, 6.07) is 4.32. The molecule has 39 heavy (non-hydrogen) atoms. The predicted molar refractivity (Wildman–Crippen MR) is 132 cm³/mol. The molecule has 208 valence electrons. The minimum Gasteiger partial charge on any atom is -0.453 e. The van der Waals surface area contributed by atoms with Crippen LogP contribution in [0.2, 0.25) is 5.02 Å². The molecule has 3 fully saturated rings. The molecule has 2 N–H and O–H groups in total. The first-order valence-electron chi connectivity index (χ1n) is 12.0. The maximum atomic E-state index is 13.7. The van der Waals surface area contributed by atoms with Crippen LogP contribution in [0.15, 0.2) is 35.2 Å². The zero-order chi connectivity index (χ0) is 28.3. The van der Waals surface area contributed by atoms with Gasteiger partial charge in [0, 0.05) is 53.8 Å². The molecular weight excluding hydrogens is 563 g/mol. The van der Waals surface area contributed by atoms with E-state index in [1.165, 1.54) is 19.2 Å². The number of benzene rings is 2. The Morgan fingerprint density at radius 3 is 2.41 bits per heavy atom. The van der Waals surface area contributed by atoms with E-state index in [-0.39, 0.29) is 58.5 Å². The zero-order valence-corrected chi connectivity index (χ0v) is 22.0. The average Bonchev–Trinajstić information content (AvgIpc) is 2.85. The van der Waals surface area contributed by atoms with Crippen LogP contribution in [0.5, 0.6) is 0 Å². The molecule has 0 radical (unpaired) electrons. The first-order chi connectivity index (χ1) is 18.4. The van der Waals surface area contributed by atoms with Crippen LogP contribution in [0.3, 0.4) is 0 Å².